The number of hydrogen-bond acceptors (Lipinski definition) is 3. The minimum absolute atomic E-state index is 0.105. The second-order valence-corrected chi connectivity index (χ2v) is 5.90. The van der Waals surface area contributed by atoms with E-state index in [9.17, 15) is 0 Å². The van der Waals surface area contributed by atoms with Crippen molar-refractivity contribution in [3.05, 3.63) is 18.0 Å². The highest BCUT2D eigenvalue weighted by molar-refractivity contribution is 5.06. The van der Waals surface area contributed by atoms with Crippen LogP contribution in [0.25, 0.3) is 0 Å². The summed E-state index contributed by atoms with van der Waals surface area (Å²) in [4.78, 5) is 0. The molecule has 0 bridgehead atoms. The summed E-state index contributed by atoms with van der Waals surface area (Å²) < 4.78 is 8.20. The van der Waals surface area contributed by atoms with Gasteiger partial charge in [-0.15, -0.1) is 0 Å². The molecule has 4 nitrogen and oxygen atoms in total. The van der Waals surface area contributed by atoms with E-state index in [2.05, 4.69) is 59.1 Å². The lowest BCUT2D eigenvalue weighted by Gasteiger charge is -2.39. The Kier molecular flexibility index (Phi) is 7.40. The Morgan fingerprint density at radius 3 is 2.33 bits per heavy atom. The average Bonchev–Trinajstić information content (AvgIpc) is 2.93. The highest BCUT2D eigenvalue weighted by atomic mass is 16.5. The molecular formula is C17H33N3O. The Bertz CT molecular complexity index is 396. The maximum absolute atomic E-state index is 6.17. The summed E-state index contributed by atoms with van der Waals surface area (Å²) in [6, 6.07) is 2.84. The minimum Gasteiger partial charge on any atom is -0.374 e. The van der Waals surface area contributed by atoms with Crippen molar-refractivity contribution in [1.29, 1.82) is 0 Å². The fourth-order valence-corrected chi connectivity index (χ4v) is 3.01. The smallest absolute Gasteiger partial charge is 0.0833 e. The summed E-state index contributed by atoms with van der Waals surface area (Å²) in [5.74, 6) is 0. The Labute approximate surface area is 130 Å². The number of aromatic nitrogens is 2. The molecular weight excluding hydrogens is 262 g/mol. The summed E-state index contributed by atoms with van der Waals surface area (Å²) >= 11 is 0. The van der Waals surface area contributed by atoms with Crippen LogP contribution in [0, 0.1) is 0 Å². The van der Waals surface area contributed by atoms with Gasteiger partial charge in [0.25, 0.3) is 0 Å². The Morgan fingerprint density at radius 2 is 1.90 bits per heavy atom. The van der Waals surface area contributed by atoms with Crippen LogP contribution in [0.5, 0.6) is 0 Å². The van der Waals surface area contributed by atoms with E-state index in [1.54, 1.807) is 0 Å². The van der Waals surface area contributed by atoms with Gasteiger partial charge < -0.3 is 10.1 Å². The molecule has 1 unspecified atom stereocenters. The molecule has 0 radical (unpaired) electrons. The monoisotopic (exact) mass is 295 g/mol. The third-order valence-electron chi connectivity index (χ3n) is 4.32. The highest BCUT2D eigenvalue weighted by Crippen LogP contribution is 2.27. The first-order valence-corrected chi connectivity index (χ1v) is 8.44. The predicted molar refractivity (Wildman–Crippen MR) is 88.7 cm³/mol. The molecule has 1 aromatic heterocycles. The molecule has 0 aliphatic carbocycles. The first kappa shape index (κ1) is 18.2. The molecule has 0 aromatic carbocycles. The molecule has 122 valence electrons. The quantitative estimate of drug-likeness (QED) is 0.717. The lowest BCUT2D eigenvalue weighted by molar-refractivity contribution is -0.0717. The van der Waals surface area contributed by atoms with E-state index in [1.165, 1.54) is 0 Å². The molecule has 1 atom stereocenters. The lowest BCUT2D eigenvalue weighted by atomic mass is 9.85. The van der Waals surface area contributed by atoms with Crippen molar-refractivity contribution in [3.63, 3.8) is 0 Å². The molecule has 0 aliphatic rings. The van der Waals surface area contributed by atoms with Gasteiger partial charge in [0.1, 0.15) is 0 Å². The van der Waals surface area contributed by atoms with Crippen molar-refractivity contribution in [2.75, 3.05) is 13.2 Å². The third kappa shape index (κ3) is 4.55. The minimum atomic E-state index is -0.105. The van der Waals surface area contributed by atoms with E-state index >= 15 is 0 Å². The zero-order chi connectivity index (χ0) is 15.9. The zero-order valence-corrected chi connectivity index (χ0v) is 14.6. The van der Waals surface area contributed by atoms with Gasteiger partial charge in [-0.05, 0) is 46.2 Å². The number of hydrogen-bond donors (Lipinski definition) is 1. The van der Waals surface area contributed by atoms with E-state index in [0.717, 1.165) is 38.1 Å². The topological polar surface area (TPSA) is 39.1 Å². The molecule has 0 aliphatic heterocycles. The predicted octanol–water partition coefficient (Wildman–Crippen LogP) is 3.58. The second-order valence-electron chi connectivity index (χ2n) is 5.90. The van der Waals surface area contributed by atoms with Crippen LogP contribution >= 0.6 is 0 Å². The van der Waals surface area contributed by atoms with Crippen LogP contribution in [-0.2, 0) is 11.2 Å². The molecule has 0 fully saturated rings. The summed E-state index contributed by atoms with van der Waals surface area (Å²) in [5.41, 5.74) is 1.03. The third-order valence-corrected chi connectivity index (χ3v) is 4.32. The van der Waals surface area contributed by atoms with Gasteiger partial charge in [-0.25, -0.2) is 0 Å². The molecule has 1 heterocycles. The molecule has 1 N–H and O–H groups in total. The molecule has 4 heteroatoms. The maximum Gasteiger partial charge on any atom is 0.0833 e. The molecule has 1 rings (SSSR count). The van der Waals surface area contributed by atoms with E-state index in [4.69, 9.17) is 9.84 Å². The second kappa shape index (κ2) is 8.54. The Morgan fingerprint density at radius 1 is 1.24 bits per heavy atom. The number of rotatable bonds is 10. The number of nitrogens with zero attached hydrogens (tertiary/aromatic N) is 2. The summed E-state index contributed by atoms with van der Waals surface area (Å²) in [6.45, 7) is 14.7. The van der Waals surface area contributed by atoms with E-state index in [0.29, 0.717) is 12.1 Å². The SMILES string of the molecule is CCNC(Cc1ccn(C(C)C)n1)C(CC)(CC)OCC. The zero-order valence-electron chi connectivity index (χ0n) is 14.6. The van der Waals surface area contributed by atoms with Crippen LogP contribution in [0.3, 0.4) is 0 Å². The van der Waals surface area contributed by atoms with Gasteiger partial charge in [0, 0.05) is 31.3 Å². The van der Waals surface area contributed by atoms with Gasteiger partial charge in [-0.1, -0.05) is 20.8 Å². The van der Waals surface area contributed by atoms with Crippen LogP contribution in [0.4, 0.5) is 0 Å². The van der Waals surface area contributed by atoms with Crippen molar-refractivity contribution >= 4 is 0 Å². The van der Waals surface area contributed by atoms with Crippen molar-refractivity contribution < 1.29 is 4.74 Å². The van der Waals surface area contributed by atoms with Crippen LogP contribution in [0.2, 0.25) is 0 Å². The first-order chi connectivity index (χ1) is 10.0. The van der Waals surface area contributed by atoms with Gasteiger partial charge in [-0.3, -0.25) is 4.68 Å². The van der Waals surface area contributed by atoms with Gasteiger partial charge in [0.2, 0.25) is 0 Å². The first-order valence-electron chi connectivity index (χ1n) is 8.44. The van der Waals surface area contributed by atoms with Crippen LogP contribution < -0.4 is 5.32 Å². The number of nitrogens with one attached hydrogen (secondary N) is 1. The molecule has 1 aromatic rings. The van der Waals surface area contributed by atoms with Crippen molar-refractivity contribution in [2.24, 2.45) is 0 Å². The fraction of sp³-hybridized carbons (Fsp3) is 0.824. The molecule has 0 amide bonds. The van der Waals surface area contributed by atoms with Crippen LogP contribution in [0.15, 0.2) is 12.3 Å². The fourth-order valence-electron chi connectivity index (χ4n) is 3.01. The normalized spacial score (nSPS) is 13.9. The average molecular weight is 295 g/mol. The standard InChI is InChI=1S/C17H33N3O/c1-7-17(8-2,21-10-4)16(18-9-3)13-15-11-12-20(19-15)14(5)6/h11-12,14,16,18H,7-10,13H2,1-6H3. The van der Waals surface area contributed by atoms with Crippen molar-refractivity contribution in [3.8, 4) is 0 Å². The van der Waals surface area contributed by atoms with Crippen LogP contribution in [-0.4, -0.2) is 34.6 Å². The molecule has 21 heavy (non-hydrogen) atoms. The molecule has 0 saturated heterocycles. The number of ether oxygens (including phenoxy) is 1. The molecule has 0 saturated carbocycles. The Hall–Kier alpha value is -0.870. The summed E-state index contributed by atoms with van der Waals surface area (Å²) in [7, 11) is 0. The van der Waals surface area contributed by atoms with Gasteiger partial charge in [0.15, 0.2) is 0 Å². The highest BCUT2D eigenvalue weighted by Gasteiger charge is 2.36. The van der Waals surface area contributed by atoms with Gasteiger partial charge in [0.05, 0.1) is 11.3 Å². The van der Waals surface area contributed by atoms with Crippen molar-refractivity contribution in [1.82, 2.24) is 15.1 Å². The van der Waals surface area contributed by atoms with Crippen molar-refractivity contribution in [2.45, 2.75) is 78.5 Å². The van der Waals surface area contributed by atoms with E-state index in [1.807, 2.05) is 4.68 Å². The van der Waals surface area contributed by atoms with Crippen LogP contribution in [0.1, 0.15) is 66.1 Å². The largest absolute Gasteiger partial charge is 0.374 e. The summed E-state index contributed by atoms with van der Waals surface area (Å²) in [5, 5.41) is 8.32. The Balaban J connectivity index is 2.92. The van der Waals surface area contributed by atoms with E-state index in [-0.39, 0.29) is 5.60 Å². The van der Waals surface area contributed by atoms with E-state index < -0.39 is 0 Å². The molecule has 0 spiro atoms. The lowest BCUT2D eigenvalue weighted by Crippen LogP contribution is -2.53. The maximum atomic E-state index is 6.17. The van der Waals surface area contributed by atoms with Gasteiger partial charge >= 0.3 is 0 Å². The summed E-state index contributed by atoms with van der Waals surface area (Å²) in [6.07, 6.45) is 5.01. The van der Waals surface area contributed by atoms with Gasteiger partial charge in [-0.2, -0.15) is 5.10 Å². The number of likely N-dealkylation sites (N-methyl/N-ethyl adjacent to an activating group) is 1.